The Morgan fingerprint density at radius 3 is 2.54 bits per heavy atom. The molecule has 1 saturated heterocycles. The molecule has 5 rings (SSSR count). The van der Waals surface area contributed by atoms with Crippen LogP contribution in [0.15, 0.2) is 48.9 Å². The predicted molar refractivity (Wildman–Crippen MR) is 97.0 cm³/mol. The maximum absolute atomic E-state index is 4.68. The molecular weight excluding hydrogens is 320 g/mol. The van der Waals surface area contributed by atoms with Crippen LogP contribution in [0.1, 0.15) is 0 Å². The van der Waals surface area contributed by atoms with Crippen molar-refractivity contribution < 1.29 is 0 Å². The van der Waals surface area contributed by atoms with Gasteiger partial charge in [-0.3, -0.25) is 0 Å². The molecule has 0 atom stereocenters. The summed E-state index contributed by atoms with van der Waals surface area (Å²) in [6.07, 6.45) is 5.52. The molecule has 120 valence electrons. The van der Waals surface area contributed by atoms with E-state index in [0.717, 1.165) is 43.3 Å². The molecule has 0 spiro atoms. The monoisotopic (exact) mass is 336 g/mol. The van der Waals surface area contributed by atoms with Gasteiger partial charge in [0, 0.05) is 44.0 Å². The first kappa shape index (κ1) is 13.7. The van der Waals surface area contributed by atoms with Crippen LogP contribution in [0.3, 0.4) is 0 Å². The zero-order valence-corrected chi connectivity index (χ0v) is 13.9. The fraction of sp³-hybridized carbons (Fsp3) is 0.235. The molecule has 3 aromatic heterocycles. The lowest BCUT2D eigenvalue weighted by Gasteiger charge is -2.35. The minimum Gasteiger partial charge on any atom is -0.352 e. The van der Waals surface area contributed by atoms with Crippen LogP contribution in [0.4, 0.5) is 11.6 Å². The quantitative estimate of drug-likeness (QED) is 0.563. The van der Waals surface area contributed by atoms with E-state index in [2.05, 4.69) is 48.5 Å². The molecule has 4 heterocycles. The van der Waals surface area contributed by atoms with Crippen LogP contribution in [0.25, 0.3) is 15.6 Å². The zero-order chi connectivity index (χ0) is 15.9. The van der Waals surface area contributed by atoms with E-state index in [4.69, 9.17) is 0 Å². The van der Waals surface area contributed by atoms with E-state index in [9.17, 15) is 0 Å². The Morgan fingerprint density at radius 1 is 0.875 bits per heavy atom. The Hall–Kier alpha value is -2.67. The average molecular weight is 336 g/mol. The Kier molecular flexibility index (Phi) is 3.12. The molecule has 1 aliphatic heterocycles. The summed E-state index contributed by atoms with van der Waals surface area (Å²) in [7, 11) is 0. The van der Waals surface area contributed by atoms with Gasteiger partial charge in [-0.05, 0) is 29.7 Å². The number of hydrogen-bond donors (Lipinski definition) is 0. The first-order valence-corrected chi connectivity index (χ1v) is 8.80. The lowest BCUT2D eigenvalue weighted by Crippen LogP contribution is -2.47. The molecule has 24 heavy (non-hydrogen) atoms. The van der Waals surface area contributed by atoms with Crippen LogP contribution < -0.4 is 9.80 Å². The number of anilines is 2. The second kappa shape index (κ2) is 5.45. The van der Waals surface area contributed by atoms with Crippen molar-refractivity contribution >= 4 is 38.8 Å². The van der Waals surface area contributed by atoms with Gasteiger partial charge in [-0.2, -0.15) is 9.47 Å². The summed E-state index contributed by atoms with van der Waals surface area (Å²) in [6.45, 7) is 3.77. The molecule has 6 nitrogen and oxygen atoms in total. The lowest BCUT2D eigenvalue weighted by molar-refractivity contribution is 0.645. The zero-order valence-electron chi connectivity index (χ0n) is 13.0. The number of fused-ring (bicyclic) bond motifs is 2. The summed E-state index contributed by atoms with van der Waals surface area (Å²) in [4.78, 5) is 9.29. The van der Waals surface area contributed by atoms with Crippen molar-refractivity contribution in [2.75, 3.05) is 36.0 Å². The van der Waals surface area contributed by atoms with E-state index < -0.39 is 0 Å². The number of aromatic nitrogens is 4. The summed E-state index contributed by atoms with van der Waals surface area (Å²) in [6, 6.07) is 10.5. The number of nitrogens with zero attached hydrogens (tertiary/aromatic N) is 6. The van der Waals surface area contributed by atoms with Crippen LogP contribution in [0.2, 0.25) is 0 Å². The summed E-state index contributed by atoms with van der Waals surface area (Å²) in [5, 5.41) is 5.55. The minimum atomic E-state index is 0.934. The second-order valence-corrected chi connectivity index (χ2v) is 6.69. The highest BCUT2D eigenvalue weighted by molar-refractivity contribution is 7.13. The minimum absolute atomic E-state index is 0.934. The van der Waals surface area contributed by atoms with E-state index in [1.807, 2.05) is 29.2 Å². The predicted octanol–water partition coefficient (Wildman–Crippen LogP) is 2.67. The maximum Gasteiger partial charge on any atom is 0.154 e. The highest BCUT2D eigenvalue weighted by Gasteiger charge is 2.22. The standard InChI is InChI=1S/C17H16N6S/c1-2-4-15-13(3-1)16(20-24-15)21-9-11-22(12-10-21)17-14-5-6-19-23(14)8-7-18-17/h1-8H,9-12H2. The summed E-state index contributed by atoms with van der Waals surface area (Å²) in [5.74, 6) is 2.13. The summed E-state index contributed by atoms with van der Waals surface area (Å²) >= 11 is 1.58. The van der Waals surface area contributed by atoms with Crippen LogP contribution in [-0.4, -0.2) is 45.2 Å². The van der Waals surface area contributed by atoms with Crippen molar-refractivity contribution in [2.24, 2.45) is 0 Å². The van der Waals surface area contributed by atoms with Crippen molar-refractivity contribution in [3.8, 4) is 0 Å². The molecule has 0 amide bonds. The van der Waals surface area contributed by atoms with Crippen molar-refractivity contribution in [3.63, 3.8) is 0 Å². The van der Waals surface area contributed by atoms with Gasteiger partial charge in [0.15, 0.2) is 5.82 Å². The van der Waals surface area contributed by atoms with Gasteiger partial charge >= 0.3 is 0 Å². The number of hydrogen-bond acceptors (Lipinski definition) is 6. The summed E-state index contributed by atoms with van der Waals surface area (Å²) < 4.78 is 7.81. The van der Waals surface area contributed by atoms with E-state index in [0.29, 0.717) is 0 Å². The van der Waals surface area contributed by atoms with Gasteiger partial charge in [0.25, 0.3) is 0 Å². The van der Waals surface area contributed by atoms with Gasteiger partial charge in [0.1, 0.15) is 11.3 Å². The Balaban J connectivity index is 1.40. The number of rotatable bonds is 2. The third kappa shape index (κ3) is 2.12. The number of piperazine rings is 1. The van der Waals surface area contributed by atoms with Crippen LogP contribution >= 0.6 is 11.5 Å². The van der Waals surface area contributed by atoms with Gasteiger partial charge in [-0.25, -0.2) is 9.50 Å². The molecule has 0 aliphatic carbocycles. The van der Waals surface area contributed by atoms with Crippen molar-refractivity contribution in [3.05, 3.63) is 48.9 Å². The molecule has 0 N–H and O–H groups in total. The first-order chi connectivity index (χ1) is 11.9. The van der Waals surface area contributed by atoms with Gasteiger partial charge in [-0.15, -0.1) is 0 Å². The largest absolute Gasteiger partial charge is 0.352 e. The molecule has 0 saturated carbocycles. The average Bonchev–Trinajstić information content (AvgIpc) is 3.28. The SMILES string of the molecule is c1ccc2c(N3CCN(c4nccn5nccc45)CC3)nsc2c1. The Labute approximate surface area is 143 Å². The molecule has 1 aliphatic rings. The molecule has 1 aromatic carbocycles. The van der Waals surface area contributed by atoms with Crippen LogP contribution in [-0.2, 0) is 0 Å². The third-order valence-corrected chi connectivity index (χ3v) is 5.36. The highest BCUT2D eigenvalue weighted by atomic mass is 32.1. The normalized spacial score (nSPS) is 15.5. The molecule has 0 bridgehead atoms. The second-order valence-electron chi connectivity index (χ2n) is 5.89. The van der Waals surface area contributed by atoms with Crippen LogP contribution in [0.5, 0.6) is 0 Å². The third-order valence-electron chi connectivity index (χ3n) is 4.54. The molecule has 4 aromatic rings. The fourth-order valence-corrected chi connectivity index (χ4v) is 4.11. The molecule has 1 fully saturated rings. The Bertz CT molecular complexity index is 998. The van der Waals surface area contributed by atoms with E-state index in [1.165, 1.54) is 10.1 Å². The number of benzene rings is 1. The topological polar surface area (TPSA) is 49.6 Å². The van der Waals surface area contributed by atoms with Gasteiger partial charge < -0.3 is 9.80 Å². The van der Waals surface area contributed by atoms with Crippen molar-refractivity contribution in [1.29, 1.82) is 0 Å². The molecular formula is C17H16N6S. The lowest BCUT2D eigenvalue weighted by atomic mass is 10.2. The molecule has 0 radical (unpaired) electrons. The van der Waals surface area contributed by atoms with Crippen LogP contribution in [0, 0.1) is 0 Å². The van der Waals surface area contributed by atoms with Gasteiger partial charge in [0.05, 0.1) is 10.9 Å². The van der Waals surface area contributed by atoms with Crippen molar-refractivity contribution in [1.82, 2.24) is 19.0 Å². The van der Waals surface area contributed by atoms with E-state index in [1.54, 1.807) is 11.5 Å². The summed E-state index contributed by atoms with van der Waals surface area (Å²) in [5.41, 5.74) is 1.06. The van der Waals surface area contributed by atoms with E-state index in [-0.39, 0.29) is 0 Å². The maximum atomic E-state index is 4.68. The van der Waals surface area contributed by atoms with Gasteiger partial charge in [-0.1, -0.05) is 12.1 Å². The van der Waals surface area contributed by atoms with E-state index >= 15 is 0 Å². The first-order valence-electron chi connectivity index (χ1n) is 8.03. The van der Waals surface area contributed by atoms with Crippen molar-refractivity contribution in [2.45, 2.75) is 0 Å². The van der Waals surface area contributed by atoms with Gasteiger partial charge in [0.2, 0.25) is 0 Å². The fourth-order valence-electron chi connectivity index (χ4n) is 3.32. The molecule has 7 heteroatoms. The Morgan fingerprint density at radius 2 is 1.67 bits per heavy atom. The highest BCUT2D eigenvalue weighted by Crippen LogP contribution is 2.30. The molecule has 0 unspecified atom stereocenters. The smallest absolute Gasteiger partial charge is 0.154 e.